The van der Waals surface area contributed by atoms with E-state index in [9.17, 15) is 0 Å². The number of aromatic amines is 1. The van der Waals surface area contributed by atoms with Gasteiger partial charge in [0.1, 0.15) is 5.82 Å². The van der Waals surface area contributed by atoms with Crippen LogP contribution in [0.4, 0.5) is 11.5 Å². The van der Waals surface area contributed by atoms with Gasteiger partial charge >= 0.3 is 0 Å². The van der Waals surface area contributed by atoms with Crippen molar-refractivity contribution in [3.8, 4) is 0 Å². The summed E-state index contributed by atoms with van der Waals surface area (Å²) in [5.74, 6) is 1.40. The number of nitrogens with one attached hydrogen (secondary N) is 1. The minimum absolute atomic E-state index is 0.148. The second-order valence-electron chi connectivity index (χ2n) is 7.05. The van der Waals surface area contributed by atoms with E-state index in [0.29, 0.717) is 11.5 Å². The van der Waals surface area contributed by atoms with Crippen LogP contribution in [0.15, 0.2) is 16.3 Å². The van der Waals surface area contributed by atoms with Crippen LogP contribution in [0, 0.1) is 13.8 Å². The molecule has 0 unspecified atom stereocenters. The van der Waals surface area contributed by atoms with Crippen molar-refractivity contribution in [1.29, 1.82) is 0 Å². The Morgan fingerprint density at radius 2 is 1.92 bits per heavy atom. The van der Waals surface area contributed by atoms with E-state index in [2.05, 4.69) is 58.3 Å². The first-order valence-electron chi connectivity index (χ1n) is 8.21. The zero-order valence-corrected chi connectivity index (χ0v) is 15.1. The third-order valence-electron chi connectivity index (χ3n) is 3.86. The lowest BCUT2D eigenvalue weighted by atomic mass is 9.91. The fourth-order valence-corrected chi connectivity index (χ4v) is 2.61. The summed E-state index contributed by atoms with van der Waals surface area (Å²) >= 11 is 0. The Balaban J connectivity index is 2.04. The van der Waals surface area contributed by atoms with Crippen LogP contribution >= 0.6 is 0 Å². The number of aryl methyl sites for hydroxylation is 3. The Bertz CT molecular complexity index is 887. The fourth-order valence-electron chi connectivity index (χ4n) is 2.61. The second-order valence-corrected chi connectivity index (χ2v) is 7.05. The lowest BCUT2D eigenvalue weighted by Gasteiger charge is -2.15. The third-order valence-corrected chi connectivity index (χ3v) is 3.86. The van der Waals surface area contributed by atoms with Gasteiger partial charge in [0.05, 0.1) is 5.69 Å². The average molecular weight is 328 g/mol. The van der Waals surface area contributed by atoms with Crippen molar-refractivity contribution in [2.75, 3.05) is 0 Å². The molecule has 24 heavy (non-hydrogen) atoms. The minimum Gasteiger partial charge on any atom is -0.268 e. The van der Waals surface area contributed by atoms with Gasteiger partial charge in [0, 0.05) is 23.7 Å². The topological polar surface area (TPSA) is 88.5 Å². The van der Waals surface area contributed by atoms with Crippen LogP contribution in [0.2, 0.25) is 0 Å². The Kier molecular flexibility index (Phi) is 3.98. The molecule has 0 aliphatic heterocycles. The molecule has 0 saturated heterocycles. The lowest BCUT2D eigenvalue weighted by Crippen LogP contribution is -2.12. The van der Waals surface area contributed by atoms with Crippen molar-refractivity contribution in [1.82, 2.24) is 29.6 Å². The number of aromatic nitrogens is 6. The Hall–Kier alpha value is -2.51. The number of hydrogen-bond donors (Lipinski definition) is 1. The van der Waals surface area contributed by atoms with E-state index < -0.39 is 0 Å². The van der Waals surface area contributed by atoms with E-state index >= 15 is 0 Å². The van der Waals surface area contributed by atoms with Crippen molar-refractivity contribution in [2.45, 2.75) is 59.9 Å². The normalized spacial score (nSPS) is 12.8. The van der Waals surface area contributed by atoms with E-state index in [1.165, 1.54) is 0 Å². The maximum absolute atomic E-state index is 4.65. The van der Waals surface area contributed by atoms with Crippen LogP contribution in [0.25, 0.3) is 5.65 Å². The van der Waals surface area contributed by atoms with E-state index in [1.807, 2.05) is 24.6 Å². The predicted molar refractivity (Wildman–Crippen MR) is 92.2 cm³/mol. The van der Waals surface area contributed by atoms with Gasteiger partial charge in [-0.1, -0.05) is 27.7 Å². The number of azo groups is 1. The van der Waals surface area contributed by atoms with E-state index in [-0.39, 0.29) is 5.41 Å². The van der Waals surface area contributed by atoms with Crippen LogP contribution in [0.5, 0.6) is 0 Å². The molecule has 3 aromatic heterocycles. The highest BCUT2D eigenvalue weighted by Crippen LogP contribution is 2.34. The highest BCUT2D eigenvalue weighted by molar-refractivity contribution is 5.68. The van der Waals surface area contributed by atoms with E-state index in [0.717, 1.165) is 35.8 Å². The Labute approximate surface area is 141 Å². The first-order chi connectivity index (χ1) is 11.3. The van der Waals surface area contributed by atoms with Crippen molar-refractivity contribution >= 4 is 17.2 Å². The number of hydrogen-bond acceptors (Lipinski definition) is 5. The molecule has 3 heterocycles. The van der Waals surface area contributed by atoms with E-state index in [4.69, 9.17) is 0 Å². The second kappa shape index (κ2) is 5.85. The molecule has 0 spiro atoms. The summed E-state index contributed by atoms with van der Waals surface area (Å²) in [6.07, 6.45) is 1.03. The molecule has 1 N–H and O–H groups in total. The van der Waals surface area contributed by atoms with Crippen molar-refractivity contribution in [3.63, 3.8) is 0 Å². The highest BCUT2D eigenvalue weighted by atomic mass is 15.4. The van der Waals surface area contributed by atoms with Gasteiger partial charge in [-0.15, -0.1) is 10.2 Å². The molecular formula is C16H24N8. The lowest BCUT2D eigenvalue weighted by molar-refractivity contribution is 0.561. The molecule has 0 aliphatic carbocycles. The van der Waals surface area contributed by atoms with Gasteiger partial charge < -0.3 is 0 Å². The van der Waals surface area contributed by atoms with Crippen LogP contribution < -0.4 is 0 Å². The molecule has 0 bridgehead atoms. The first-order valence-corrected chi connectivity index (χ1v) is 8.21. The number of rotatable bonds is 4. The fraction of sp³-hybridized carbons (Fsp3) is 0.562. The summed E-state index contributed by atoms with van der Waals surface area (Å²) in [5.41, 5.74) is 3.29. The standard InChI is InChI=1S/C16H24N8/c1-7-8-23-10(2)9-12(21-23)18-19-13-14(16(4,5)6)22-24-11(3)17-20-15(13)24/h9,20H,7-8H2,1-6H3/b19-18+. The summed E-state index contributed by atoms with van der Waals surface area (Å²) in [7, 11) is 0. The van der Waals surface area contributed by atoms with Crippen LogP contribution in [-0.2, 0) is 12.0 Å². The number of H-pyrrole nitrogens is 1. The van der Waals surface area contributed by atoms with Crippen molar-refractivity contribution in [3.05, 3.63) is 23.3 Å². The predicted octanol–water partition coefficient (Wildman–Crippen LogP) is 3.99. The zero-order chi connectivity index (χ0) is 17.5. The minimum atomic E-state index is -0.148. The SMILES string of the molecule is CCCn1nc(/N=N/c2c(C(C)(C)C)nn3c(C)n[nH]c23)cc1C. The zero-order valence-electron chi connectivity index (χ0n) is 15.1. The summed E-state index contributed by atoms with van der Waals surface area (Å²) in [6.45, 7) is 13.3. The number of fused-ring (bicyclic) bond motifs is 1. The van der Waals surface area contributed by atoms with Gasteiger partial charge in [-0.25, -0.2) is 0 Å². The Morgan fingerprint density at radius 3 is 2.58 bits per heavy atom. The van der Waals surface area contributed by atoms with Crippen LogP contribution in [-0.4, -0.2) is 29.6 Å². The maximum atomic E-state index is 4.65. The molecule has 8 heteroatoms. The summed E-state index contributed by atoms with van der Waals surface area (Å²) in [4.78, 5) is 0. The highest BCUT2D eigenvalue weighted by Gasteiger charge is 2.26. The Morgan fingerprint density at radius 1 is 1.17 bits per heavy atom. The number of nitrogens with zero attached hydrogens (tertiary/aromatic N) is 7. The summed E-state index contributed by atoms with van der Waals surface area (Å²) in [6, 6.07) is 1.94. The van der Waals surface area contributed by atoms with Crippen molar-refractivity contribution in [2.24, 2.45) is 10.2 Å². The first kappa shape index (κ1) is 16.4. The molecule has 0 saturated carbocycles. The molecule has 3 rings (SSSR count). The molecule has 0 fully saturated rings. The van der Waals surface area contributed by atoms with Gasteiger partial charge in [-0.3, -0.25) is 9.78 Å². The molecule has 128 valence electrons. The van der Waals surface area contributed by atoms with Gasteiger partial charge in [0.25, 0.3) is 0 Å². The summed E-state index contributed by atoms with van der Waals surface area (Å²) in [5, 5.41) is 25.1. The molecule has 0 radical (unpaired) electrons. The smallest absolute Gasteiger partial charge is 0.196 e. The molecule has 3 aromatic rings. The third kappa shape index (κ3) is 2.83. The molecule has 0 aromatic carbocycles. The quantitative estimate of drug-likeness (QED) is 0.734. The average Bonchev–Trinajstić information content (AvgIpc) is 3.13. The van der Waals surface area contributed by atoms with Gasteiger partial charge in [-0.2, -0.15) is 19.8 Å². The van der Waals surface area contributed by atoms with Gasteiger partial charge in [0.15, 0.2) is 17.2 Å². The molecule has 8 nitrogen and oxygen atoms in total. The molecule has 0 aliphatic rings. The molecule has 0 atom stereocenters. The summed E-state index contributed by atoms with van der Waals surface area (Å²) < 4.78 is 3.73. The maximum Gasteiger partial charge on any atom is 0.196 e. The van der Waals surface area contributed by atoms with Gasteiger partial charge in [-0.05, 0) is 20.3 Å². The van der Waals surface area contributed by atoms with Crippen LogP contribution in [0.1, 0.15) is 51.3 Å². The van der Waals surface area contributed by atoms with Crippen LogP contribution in [0.3, 0.4) is 0 Å². The van der Waals surface area contributed by atoms with Gasteiger partial charge in [0.2, 0.25) is 0 Å². The van der Waals surface area contributed by atoms with E-state index in [1.54, 1.807) is 4.52 Å². The monoisotopic (exact) mass is 328 g/mol. The van der Waals surface area contributed by atoms with Crippen molar-refractivity contribution < 1.29 is 0 Å². The largest absolute Gasteiger partial charge is 0.268 e. The molecule has 0 amide bonds. The molecular weight excluding hydrogens is 304 g/mol.